The van der Waals surface area contributed by atoms with Crippen molar-refractivity contribution in [2.45, 2.75) is 13.0 Å². The van der Waals surface area contributed by atoms with Crippen LogP contribution in [0.25, 0.3) is 0 Å². The molecule has 0 aliphatic carbocycles. The highest BCUT2D eigenvalue weighted by Crippen LogP contribution is 2.30. The van der Waals surface area contributed by atoms with E-state index in [0.29, 0.717) is 0 Å². The summed E-state index contributed by atoms with van der Waals surface area (Å²) in [7, 11) is 0. The number of benzene rings is 2. The van der Waals surface area contributed by atoms with Gasteiger partial charge >= 0.3 is 0 Å². The quantitative estimate of drug-likeness (QED) is 0.834. The average Bonchev–Trinajstić information content (AvgIpc) is 2.29. The fraction of sp³-hybridized carbons (Fsp3) is 0.143. The van der Waals surface area contributed by atoms with Gasteiger partial charge in [-0.25, -0.2) is 0 Å². The van der Waals surface area contributed by atoms with Crippen molar-refractivity contribution < 1.29 is 5.11 Å². The Morgan fingerprint density at radius 3 is 2.24 bits per heavy atom. The highest BCUT2D eigenvalue weighted by Gasteiger charge is 2.13. The summed E-state index contributed by atoms with van der Waals surface area (Å²) in [5, 5.41) is 10.3. The third-order valence-corrected chi connectivity index (χ3v) is 3.83. The van der Waals surface area contributed by atoms with Gasteiger partial charge in [0.2, 0.25) is 0 Å². The van der Waals surface area contributed by atoms with E-state index in [-0.39, 0.29) is 0 Å². The number of hydrogen-bond acceptors (Lipinski definition) is 1. The van der Waals surface area contributed by atoms with Gasteiger partial charge in [0.25, 0.3) is 0 Å². The van der Waals surface area contributed by atoms with Gasteiger partial charge in [-0.15, -0.1) is 0 Å². The van der Waals surface area contributed by atoms with Gasteiger partial charge in [-0.05, 0) is 30.2 Å². The summed E-state index contributed by atoms with van der Waals surface area (Å²) in [6.45, 7) is 2.03. The second-order valence-corrected chi connectivity index (χ2v) is 5.75. The lowest BCUT2D eigenvalue weighted by Crippen LogP contribution is -2.00. The molecular weight excluding hydrogens is 344 g/mol. The van der Waals surface area contributed by atoms with Crippen LogP contribution in [0.1, 0.15) is 22.8 Å². The van der Waals surface area contributed by atoms with Crippen LogP contribution in [0.5, 0.6) is 0 Å². The van der Waals surface area contributed by atoms with Crippen molar-refractivity contribution in [1.29, 1.82) is 0 Å². The molecule has 0 saturated heterocycles. The largest absolute Gasteiger partial charge is 0.384 e. The molecule has 0 heterocycles. The lowest BCUT2D eigenvalue weighted by Gasteiger charge is -2.13. The summed E-state index contributed by atoms with van der Waals surface area (Å²) >= 11 is 6.87. The fourth-order valence-electron chi connectivity index (χ4n) is 1.65. The molecule has 88 valence electrons. The molecule has 2 rings (SSSR count). The molecule has 0 bridgehead atoms. The molecular formula is C14H12Br2O. The molecule has 1 N–H and O–H groups in total. The van der Waals surface area contributed by atoms with Crippen LogP contribution in [0, 0.1) is 6.92 Å². The molecule has 0 amide bonds. The molecule has 0 fully saturated rings. The van der Waals surface area contributed by atoms with Crippen LogP contribution in [0.2, 0.25) is 0 Å². The van der Waals surface area contributed by atoms with E-state index in [2.05, 4.69) is 31.9 Å². The Kier molecular flexibility index (Phi) is 4.02. The molecule has 0 aliphatic heterocycles. The first-order chi connectivity index (χ1) is 8.08. The van der Waals surface area contributed by atoms with Crippen molar-refractivity contribution in [3.05, 3.63) is 68.1 Å². The standard InChI is InChI=1S/C14H12Br2O/c1-9-2-4-10(5-3-9)14(17)12-7-6-11(15)8-13(12)16/h2-8,14,17H,1H3. The number of aliphatic hydroxyl groups is 1. The summed E-state index contributed by atoms with van der Waals surface area (Å²) < 4.78 is 1.89. The van der Waals surface area contributed by atoms with Gasteiger partial charge in [0, 0.05) is 8.95 Å². The Hall–Kier alpha value is -0.640. The summed E-state index contributed by atoms with van der Waals surface area (Å²) in [5.74, 6) is 0. The molecule has 1 nitrogen and oxygen atoms in total. The lowest BCUT2D eigenvalue weighted by molar-refractivity contribution is 0.219. The highest BCUT2D eigenvalue weighted by molar-refractivity contribution is 9.11. The SMILES string of the molecule is Cc1ccc(C(O)c2ccc(Br)cc2Br)cc1. The number of aliphatic hydroxyl groups excluding tert-OH is 1. The van der Waals surface area contributed by atoms with Gasteiger partial charge in [0.05, 0.1) is 0 Å². The van der Waals surface area contributed by atoms with E-state index in [1.165, 1.54) is 5.56 Å². The van der Waals surface area contributed by atoms with Gasteiger partial charge in [-0.1, -0.05) is 67.8 Å². The van der Waals surface area contributed by atoms with Crippen molar-refractivity contribution in [3.8, 4) is 0 Å². The zero-order valence-corrected chi connectivity index (χ0v) is 12.5. The Morgan fingerprint density at radius 2 is 1.65 bits per heavy atom. The number of aryl methyl sites for hydroxylation is 1. The van der Waals surface area contributed by atoms with Crippen LogP contribution in [0.15, 0.2) is 51.4 Å². The maximum Gasteiger partial charge on any atom is 0.105 e. The molecule has 2 aromatic rings. The van der Waals surface area contributed by atoms with Gasteiger partial charge in [0.1, 0.15) is 6.10 Å². The van der Waals surface area contributed by atoms with Crippen LogP contribution in [0.3, 0.4) is 0 Å². The minimum absolute atomic E-state index is 0.599. The van der Waals surface area contributed by atoms with E-state index in [9.17, 15) is 5.11 Å². The predicted octanol–water partition coefficient (Wildman–Crippen LogP) is 4.60. The first-order valence-corrected chi connectivity index (χ1v) is 6.86. The second kappa shape index (κ2) is 5.34. The van der Waals surface area contributed by atoms with Gasteiger partial charge in [-0.3, -0.25) is 0 Å². The molecule has 0 spiro atoms. The number of hydrogen-bond donors (Lipinski definition) is 1. The van der Waals surface area contributed by atoms with Crippen molar-refractivity contribution in [3.63, 3.8) is 0 Å². The zero-order chi connectivity index (χ0) is 12.4. The van der Waals surface area contributed by atoms with Crippen LogP contribution in [-0.4, -0.2) is 5.11 Å². The summed E-state index contributed by atoms with van der Waals surface area (Å²) in [5.41, 5.74) is 2.96. The number of halogens is 2. The smallest absolute Gasteiger partial charge is 0.105 e. The van der Waals surface area contributed by atoms with Crippen molar-refractivity contribution in [1.82, 2.24) is 0 Å². The molecule has 1 atom stereocenters. The third kappa shape index (κ3) is 2.97. The Morgan fingerprint density at radius 1 is 1.00 bits per heavy atom. The first-order valence-electron chi connectivity index (χ1n) is 5.27. The summed E-state index contributed by atoms with van der Waals surface area (Å²) in [4.78, 5) is 0. The summed E-state index contributed by atoms with van der Waals surface area (Å²) in [6, 6.07) is 13.7. The lowest BCUT2D eigenvalue weighted by atomic mass is 10.0. The van der Waals surface area contributed by atoms with Crippen molar-refractivity contribution in [2.75, 3.05) is 0 Å². The maximum atomic E-state index is 10.3. The Labute approximate surface area is 118 Å². The van der Waals surface area contributed by atoms with Gasteiger partial charge in [0.15, 0.2) is 0 Å². The predicted molar refractivity (Wildman–Crippen MR) is 77.1 cm³/mol. The molecule has 3 heteroatoms. The minimum atomic E-state index is -0.599. The molecule has 17 heavy (non-hydrogen) atoms. The Bertz CT molecular complexity index is 520. The zero-order valence-electron chi connectivity index (χ0n) is 9.32. The van der Waals surface area contributed by atoms with Crippen LogP contribution in [-0.2, 0) is 0 Å². The molecule has 0 aromatic heterocycles. The average molecular weight is 356 g/mol. The monoisotopic (exact) mass is 354 g/mol. The Balaban J connectivity index is 2.36. The topological polar surface area (TPSA) is 20.2 Å². The second-order valence-electron chi connectivity index (χ2n) is 3.98. The van der Waals surface area contributed by atoms with E-state index in [4.69, 9.17) is 0 Å². The maximum absolute atomic E-state index is 10.3. The third-order valence-electron chi connectivity index (χ3n) is 2.65. The van der Waals surface area contributed by atoms with Gasteiger partial charge in [-0.2, -0.15) is 0 Å². The molecule has 0 aliphatic rings. The van der Waals surface area contributed by atoms with Crippen LogP contribution < -0.4 is 0 Å². The first kappa shape index (κ1) is 12.8. The highest BCUT2D eigenvalue weighted by atomic mass is 79.9. The van der Waals surface area contributed by atoms with Crippen LogP contribution >= 0.6 is 31.9 Å². The molecule has 0 saturated carbocycles. The van der Waals surface area contributed by atoms with Gasteiger partial charge < -0.3 is 5.11 Å². The van der Waals surface area contributed by atoms with Crippen molar-refractivity contribution in [2.24, 2.45) is 0 Å². The van der Waals surface area contributed by atoms with Crippen LogP contribution in [0.4, 0.5) is 0 Å². The molecule has 2 aromatic carbocycles. The molecule has 0 radical (unpaired) electrons. The van der Waals surface area contributed by atoms with E-state index < -0.39 is 6.10 Å². The summed E-state index contributed by atoms with van der Waals surface area (Å²) in [6.07, 6.45) is -0.599. The molecule has 1 unspecified atom stereocenters. The van der Waals surface area contributed by atoms with Crippen molar-refractivity contribution >= 4 is 31.9 Å². The normalized spacial score (nSPS) is 12.5. The fourth-order valence-corrected chi connectivity index (χ4v) is 2.92. The van der Waals surface area contributed by atoms with E-state index in [0.717, 1.165) is 20.1 Å². The van der Waals surface area contributed by atoms with E-state index in [1.54, 1.807) is 0 Å². The minimum Gasteiger partial charge on any atom is -0.384 e. The van der Waals surface area contributed by atoms with E-state index >= 15 is 0 Å². The number of rotatable bonds is 2. The van der Waals surface area contributed by atoms with E-state index in [1.807, 2.05) is 49.4 Å².